The number of nitrogen functional groups attached to an aromatic ring is 1. The zero-order valence-electron chi connectivity index (χ0n) is 13.3. The topological polar surface area (TPSA) is 88.3 Å². The van der Waals surface area contributed by atoms with Gasteiger partial charge >= 0.3 is 0 Å². The number of piperidine rings is 1. The summed E-state index contributed by atoms with van der Waals surface area (Å²) in [4.78, 5) is 30.4. The number of amides is 2. The van der Waals surface area contributed by atoms with Gasteiger partial charge in [0.1, 0.15) is 0 Å². The molecule has 1 aromatic carbocycles. The quantitative estimate of drug-likeness (QED) is 0.841. The molecule has 2 aromatic rings. The minimum absolute atomic E-state index is 0.00795. The summed E-state index contributed by atoms with van der Waals surface area (Å²) < 4.78 is 0. The van der Waals surface area contributed by atoms with Crippen LogP contribution in [0.3, 0.4) is 0 Å². The van der Waals surface area contributed by atoms with Crippen molar-refractivity contribution in [1.82, 2.24) is 15.2 Å². The van der Waals surface area contributed by atoms with Gasteiger partial charge in [0.25, 0.3) is 11.8 Å². The SMILES string of the molecule is Nc1ccc(C(=O)NC2CCN(C(=O)c3cccnc3)CC2)cc1. The van der Waals surface area contributed by atoms with Crippen LogP contribution in [0.25, 0.3) is 0 Å². The van der Waals surface area contributed by atoms with Crippen LogP contribution in [0.2, 0.25) is 0 Å². The third kappa shape index (κ3) is 3.71. The van der Waals surface area contributed by atoms with Crippen molar-refractivity contribution in [3.8, 4) is 0 Å². The van der Waals surface area contributed by atoms with Crippen LogP contribution in [0.4, 0.5) is 5.69 Å². The fraction of sp³-hybridized carbons (Fsp3) is 0.278. The lowest BCUT2D eigenvalue weighted by atomic mass is 10.0. The Morgan fingerprint density at radius 2 is 1.79 bits per heavy atom. The Morgan fingerprint density at radius 1 is 1.08 bits per heavy atom. The largest absolute Gasteiger partial charge is 0.399 e. The fourth-order valence-electron chi connectivity index (χ4n) is 2.80. The average Bonchev–Trinajstić information content (AvgIpc) is 2.63. The van der Waals surface area contributed by atoms with Crippen molar-refractivity contribution in [3.63, 3.8) is 0 Å². The van der Waals surface area contributed by atoms with Crippen molar-refractivity contribution in [2.24, 2.45) is 0 Å². The molecule has 2 amide bonds. The minimum Gasteiger partial charge on any atom is -0.399 e. The minimum atomic E-state index is -0.105. The molecule has 6 nitrogen and oxygen atoms in total. The standard InChI is InChI=1S/C18H20N4O2/c19-15-5-3-13(4-6-15)17(23)21-16-7-10-22(11-8-16)18(24)14-2-1-9-20-12-14/h1-6,9,12,16H,7-8,10-11,19H2,(H,21,23). The van der Waals surface area contributed by atoms with Crippen molar-refractivity contribution < 1.29 is 9.59 Å². The number of hydrogen-bond donors (Lipinski definition) is 2. The number of nitrogens with zero attached hydrogens (tertiary/aromatic N) is 2. The zero-order chi connectivity index (χ0) is 16.9. The number of likely N-dealkylation sites (tertiary alicyclic amines) is 1. The monoisotopic (exact) mass is 324 g/mol. The van der Waals surface area contributed by atoms with E-state index in [0.29, 0.717) is 29.9 Å². The number of anilines is 1. The number of rotatable bonds is 3. The Hall–Kier alpha value is -2.89. The van der Waals surface area contributed by atoms with E-state index < -0.39 is 0 Å². The predicted octanol–water partition coefficient (Wildman–Crippen LogP) is 1.70. The molecule has 0 saturated carbocycles. The van der Waals surface area contributed by atoms with Gasteiger partial charge in [0.2, 0.25) is 0 Å². The molecule has 1 aromatic heterocycles. The van der Waals surface area contributed by atoms with Crippen molar-refractivity contribution in [2.75, 3.05) is 18.8 Å². The van der Waals surface area contributed by atoms with Crippen LogP contribution in [-0.4, -0.2) is 40.8 Å². The third-order valence-corrected chi connectivity index (χ3v) is 4.20. The molecular weight excluding hydrogens is 304 g/mol. The summed E-state index contributed by atoms with van der Waals surface area (Å²) in [6, 6.07) is 10.5. The Labute approximate surface area is 140 Å². The smallest absolute Gasteiger partial charge is 0.255 e. The highest BCUT2D eigenvalue weighted by Crippen LogP contribution is 2.14. The first-order valence-electron chi connectivity index (χ1n) is 7.99. The van der Waals surface area contributed by atoms with Crippen LogP contribution in [-0.2, 0) is 0 Å². The third-order valence-electron chi connectivity index (χ3n) is 4.20. The van der Waals surface area contributed by atoms with E-state index in [1.54, 1.807) is 48.8 Å². The highest BCUT2D eigenvalue weighted by molar-refractivity contribution is 5.95. The van der Waals surface area contributed by atoms with Crippen molar-refractivity contribution in [1.29, 1.82) is 0 Å². The van der Waals surface area contributed by atoms with Crippen LogP contribution in [0.15, 0.2) is 48.8 Å². The number of benzene rings is 1. The molecule has 0 aliphatic carbocycles. The Balaban J connectivity index is 1.53. The highest BCUT2D eigenvalue weighted by Gasteiger charge is 2.24. The van der Waals surface area contributed by atoms with Gasteiger partial charge in [-0.2, -0.15) is 0 Å². The van der Waals surface area contributed by atoms with Gasteiger partial charge in [0, 0.05) is 42.8 Å². The van der Waals surface area contributed by atoms with Gasteiger partial charge in [-0.1, -0.05) is 0 Å². The Morgan fingerprint density at radius 3 is 2.42 bits per heavy atom. The summed E-state index contributed by atoms with van der Waals surface area (Å²) in [7, 11) is 0. The van der Waals surface area contributed by atoms with Crippen LogP contribution in [0, 0.1) is 0 Å². The fourth-order valence-corrected chi connectivity index (χ4v) is 2.80. The maximum absolute atomic E-state index is 12.4. The molecule has 1 saturated heterocycles. The lowest BCUT2D eigenvalue weighted by molar-refractivity contribution is 0.0697. The van der Waals surface area contributed by atoms with E-state index in [2.05, 4.69) is 10.3 Å². The lowest BCUT2D eigenvalue weighted by Gasteiger charge is -2.32. The summed E-state index contributed by atoms with van der Waals surface area (Å²) in [5, 5.41) is 3.02. The van der Waals surface area contributed by atoms with Crippen LogP contribution in [0.1, 0.15) is 33.6 Å². The Kier molecular flexibility index (Phi) is 4.74. The van der Waals surface area contributed by atoms with Crippen LogP contribution < -0.4 is 11.1 Å². The molecule has 1 aliphatic heterocycles. The molecule has 0 unspecified atom stereocenters. The second-order valence-corrected chi connectivity index (χ2v) is 5.90. The number of carbonyl (C=O) groups excluding carboxylic acids is 2. The zero-order valence-corrected chi connectivity index (χ0v) is 13.3. The van der Waals surface area contributed by atoms with E-state index in [0.717, 1.165) is 12.8 Å². The molecule has 24 heavy (non-hydrogen) atoms. The number of pyridine rings is 1. The van der Waals surface area contributed by atoms with Crippen LogP contribution in [0.5, 0.6) is 0 Å². The van der Waals surface area contributed by atoms with Gasteiger partial charge in [-0.25, -0.2) is 0 Å². The Bertz CT molecular complexity index is 708. The molecule has 0 spiro atoms. The molecule has 3 N–H and O–H groups in total. The summed E-state index contributed by atoms with van der Waals surface area (Å²) in [5.41, 5.74) is 7.46. The van der Waals surface area contributed by atoms with Crippen LogP contribution >= 0.6 is 0 Å². The number of nitrogens with two attached hydrogens (primary N) is 1. The van der Waals surface area contributed by atoms with E-state index >= 15 is 0 Å². The molecule has 0 atom stereocenters. The first-order valence-corrected chi connectivity index (χ1v) is 7.99. The molecule has 0 bridgehead atoms. The second kappa shape index (κ2) is 7.12. The first-order chi connectivity index (χ1) is 11.6. The van der Waals surface area contributed by atoms with Gasteiger partial charge in [-0.05, 0) is 49.2 Å². The number of nitrogens with one attached hydrogen (secondary N) is 1. The van der Waals surface area contributed by atoms with E-state index in [1.165, 1.54) is 0 Å². The van der Waals surface area contributed by atoms with Gasteiger partial charge in [-0.3, -0.25) is 14.6 Å². The van der Waals surface area contributed by atoms with E-state index in [1.807, 2.05) is 4.90 Å². The number of aromatic nitrogens is 1. The maximum atomic E-state index is 12.4. The summed E-state index contributed by atoms with van der Waals surface area (Å²) in [5.74, 6) is -0.113. The van der Waals surface area contributed by atoms with Crippen molar-refractivity contribution in [3.05, 3.63) is 59.9 Å². The van der Waals surface area contributed by atoms with E-state index in [-0.39, 0.29) is 17.9 Å². The van der Waals surface area contributed by atoms with Gasteiger partial charge in [-0.15, -0.1) is 0 Å². The molecule has 124 valence electrons. The molecule has 0 radical (unpaired) electrons. The summed E-state index contributed by atoms with van der Waals surface area (Å²) in [6.45, 7) is 1.25. The molecular formula is C18H20N4O2. The van der Waals surface area contributed by atoms with E-state index in [4.69, 9.17) is 5.73 Å². The van der Waals surface area contributed by atoms with Gasteiger partial charge < -0.3 is 16.0 Å². The van der Waals surface area contributed by atoms with Gasteiger partial charge in [0.05, 0.1) is 5.56 Å². The summed E-state index contributed by atoms with van der Waals surface area (Å²) in [6.07, 6.45) is 4.71. The number of hydrogen-bond acceptors (Lipinski definition) is 4. The first kappa shape index (κ1) is 16.0. The average molecular weight is 324 g/mol. The summed E-state index contributed by atoms with van der Waals surface area (Å²) >= 11 is 0. The second-order valence-electron chi connectivity index (χ2n) is 5.90. The van der Waals surface area contributed by atoms with Crippen molar-refractivity contribution >= 4 is 17.5 Å². The molecule has 6 heteroatoms. The normalized spacial score (nSPS) is 15.1. The van der Waals surface area contributed by atoms with E-state index in [9.17, 15) is 9.59 Å². The number of carbonyl (C=O) groups is 2. The lowest BCUT2D eigenvalue weighted by Crippen LogP contribution is -2.46. The molecule has 1 fully saturated rings. The molecule has 2 heterocycles. The maximum Gasteiger partial charge on any atom is 0.255 e. The van der Waals surface area contributed by atoms with Crippen molar-refractivity contribution in [2.45, 2.75) is 18.9 Å². The highest BCUT2D eigenvalue weighted by atomic mass is 16.2. The molecule has 1 aliphatic rings. The van der Waals surface area contributed by atoms with Gasteiger partial charge in [0.15, 0.2) is 0 Å². The predicted molar refractivity (Wildman–Crippen MR) is 91.5 cm³/mol. The molecule has 3 rings (SSSR count).